The van der Waals surface area contributed by atoms with Crippen LogP contribution in [0.25, 0.3) is 0 Å². The van der Waals surface area contributed by atoms with Crippen LogP contribution < -0.4 is 15.5 Å². The lowest BCUT2D eigenvalue weighted by Gasteiger charge is -2.09. The van der Waals surface area contributed by atoms with E-state index in [4.69, 9.17) is 27.9 Å². The minimum Gasteiger partial charge on any atom is -0.495 e. The summed E-state index contributed by atoms with van der Waals surface area (Å²) < 4.78 is 5.19. The van der Waals surface area contributed by atoms with Crippen LogP contribution in [0.5, 0.6) is 5.75 Å². The number of hydrogen-bond donors (Lipinski definition) is 2. The van der Waals surface area contributed by atoms with Gasteiger partial charge in [-0.3, -0.25) is 4.79 Å². The lowest BCUT2D eigenvalue weighted by Crippen LogP contribution is -2.26. The lowest BCUT2D eigenvalue weighted by atomic mass is 10.2. The van der Waals surface area contributed by atoms with Crippen LogP contribution in [0.1, 0.15) is 5.56 Å². The molecule has 0 aromatic heterocycles. The molecule has 23 heavy (non-hydrogen) atoms. The molecule has 0 atom stereocenters. The monoisotopic (exact) mass is 351 g/mol. The highest BCUT2D eigenvalue weighted by molar-refractivity contribution is 6.43. The van der Waals surface area contributed by atoms with Crippen LogP contribution in [0.15, 0.2) is 47.6 Å². The summed E-state index contributed by atoms with van der Waals surface area (Å²) in [6.07, 6.45) is 1.44. The maximum absolute atomic E-state index is 11.8. The fraction of sp³-hybridized carbons (Fsp3) is 0.125. The summed E-state index contributed by atoms with van der Waals surface area (Å²) in [6, 6.07) is 12.5. The van der Waals surface area contributed by atoms with Gasteiger partial charge >= 0.3 is 0 Å². The first-order valence-corrected chi connectivity index (χ1v) is 7.50. The summed E-state index contributed by atoms with van der Waals surface area (Å²) >= 11 is 11.9. The number of amides is 1. The quantitative estimate of drug-likeness (QED) is 0.617. The first-order valence-electron chi connectivity index (χ1n) is 6.74. The van der Waals surface area contributed by atoms with Crippen LogP contribution in [0, 0.1) is 0 Å². The molecule has 0 saturated carbocycles. The molecule has 2 rings (SSSR count). The summed E-state index contributed by atoms with van der Waals surface area (Å²) in [4.78, 5) is 11.8. The highest BCUT2D eigenvalue weighted by Crippen LogP contribution is 2.24. The Morgan fingerprint density at radius 1 is 1.22 bits per heavy atom. The number of nitrogens with one attached hydrogen (secondary N) is 2. The average molecular weight is 352 g/mol. The predicted molar refractivity (Wildman–Crippen MR) is 93.7 cm³/mol. The molecule has 0 fully saturated rings. The number of benzene rings is 2. The summed E-state index contributed by atoms with van der Waals surface area (Å²) in [5, 5.41) is 7.65. The van der Waals surface area contributed by atoms with Gasteiger partial charge in [-0.2, -0.15) is 5.10 Å². The van der Waals surface area contributed by atoms with Crippen molar-refractivity contribution in [2.75, 3.05) is 19.0 Å². The molecular formula is C16H15Cl2N3O2. The number of hydrazone groups is 1. The number of methoxy groups -OCH3 is 1. The highest BCUT2D eigenvalue weighted by atomic mass is 35.5. The lowest BCUT2D eigenvalue weighted by molar-refractivity contribution is -0.119. The minimum absolute atomic E-state index is 0.0565. The number of nitrogens with zero attached hydrogens (tertiary/aromatic N) is 1. The van der Waals surface area contributed by atoms with Gasteiger partial charge in [-0.05, 0) is 18.2 Å². The van der Waals surface area contributed by atoms with Gasteiger partial charge in [0, 0.05) is 5.56 Å². The van der Waals surface area contributed by atoms with Gasteiger partial charge in [0.15, 0.2) is 0 Å². The van der Waals surface area contributed by atoms with Gasteiger partial charge < -0.3 is 10.1 Å². The standard InChI is InChI=1S/C16H15Cl2N3O2/c1-23-14-8-3-2-7-13(14)19-10-15(22)21-20-9-11-5-4-6-12(17)16(11)18/h2-9,19H,10H2,1H3,(H,21,22). The van der Waals surface area contributed by atoms with Crippen LogP contribution in [0.3, 0.4) is 0 Å². The third-order valence-corrected chi connectivity index (χ3v) is 3.75. The Morgan fingerprint density at radius 2 is 2.00 bits per heavy atom. The number of hydrogen-bond acceptors (Lipinski definition) is 4. The van der Waals surface area contributed by atoms with Crippen molar-refractivity contribution in [2.45, 2.75) is 0 Å². The van der Waals surface area contributed by atoms with E-state index in [-0.39, 0.29) is 12.5 Å². The van der Waals surface area contributed by atoms with Gasteiger partial charge in [-0.15, -0.1) is 0 Å². The molecule has 2 aromatic carbocycles. The van der Waals surface area contributed by atoms with E-state index in [0.29, 0.717) is 21.4 Å². The van der Waals surface area contributed by atoms with E-state index in [9.17, 15) is 4.79 Å². The molecule has 2 N–H and O–H groups in total. The Kier molecular flexibility index (Phi) is 6.26. The fourth-order valence-electron chi connectivity index (χ4n) is 1.80. The van der Waals surface area contributed by atoms with Crippen LogP contribution in [-0.2, 0) is 4.79 Å². The predicted octanol–water partition coefficient (Wildman–Crippen LogP) is 3.56. The van der Waals surface area contributed by atoms with E-state index < -0.39 is 0 Å². The second kappa shape index (κ2) is 8.41. The Morgan fingerprint density at radius 3 is 2.78 bits per heavy atom. The molecule has 0 saturated heterocycles. The molecule has 0 heterocycles. The number of rotatable bonds is 6. The highest BCUT2D eigenvalue weighted by Gasteiger charge is 2.04. The molecule has 5 nitrogen and oxygen atoms in total. The molecular weight excluding hydrogens is 337 g/mol. The van der Waals surface area contributed by atoms with Gasteiger partial charge in [0.05, 0.1) is 35.6 Å². The number of carbonyl (C=O) groups is 1. The normalized spacial score (nSPS) is 10.6. The smallest absolute Gasteiger partial charge is 0.259 e. The molecule has 1 amide bonds. The van der Waals surface area contributed by atoms with E-state index in [2.05, 4.69) is 15.8 Å². The Hall–Kier alpha value is -2.24. The van der Waals surface area contributed by atoms with Gasteiger partial charge in [0.2, 0.25) is 0 Å². The average Bonchev–Trinajstić information content (AvgIpc) is 2.57. The number of para-hydroxylation sites is 2. The maximum atomic E-state index is 11.8. The topological polar surface area (TPSA) is 62.7 Å². The maximum Gasteiger partial charge on any atom is 0.259 e. The molecule has 0 aliphatic heterocycles. The summed E-state index contributed by atoms with van der Waals surface area (Å²) in [5.41, 5.74) is 3.76. The largest absolute Gasteiger partial charge is 0.495 e. The van der Waals surface area contributed by atoms with E-state index in [1.165, 1.54) is 6.21 Å². The van der Waals surface area contributed by atoms with Crippen molar-refractivity contribution in [2.24, 2.45) is 5.10 Å². The number of anilines is 1. The van der Waals surface area contributed by atoms with Crippen molar-refractivity contribution in [3.05, 3.63) is 58.1 Å². The zero-order valence-electron chi connectivity index (χ0n) is 12.3. The summed E-state index contributed by atoms with van der Waals surface area (Å²) in [5.74, 6) is 0.361. The van der Waals surface area contributed by atoms with Gasteiger partial charge in [-0.1, -0.05) is 47.5 Å². The Bertz CT molecular complexity index is 720. The van der Waals surface area contributed by atoms with E-state index in [1.54, 1.807) is 31.4 Å². The number of carbonyl (C=O) groups excluding carboxylic acids is 1. The second-order valence-corrected chi connectivity index (χ2v) is 5.28. The molecule has 0 bridgehead atoms. The van der Waals surface area contributed by atoms with Crippen LogP contribution in [0.4, 0.5) is 5.69 Å². The molecule has 0 aliphatic rings. The van der Waals surface area contributed by atoms with E-state index in [1.807, 2.05) is 18.2 Å². The first kappa shape index (κ1) is 17.1. The zero-order chi connectivity index (χ0) is 16.7. The molecule has 120 valence electrons. The van der Waals surface area contributed by atoms with Gasteiger partial charge in [-0.25, -0.2) is 5.43 Å². The fourth-order valence-corrected chi connectivity index (χ4v) is 2.16. The zero-order valence-corrected chi connectivity index (χ0v) is 13.9. The van der Waals surface area contributed by atoms with Gasteiger partial charge in [0.1, 0.15) is 5.75 Å². The van der Waals surface area contributed by atoms with Gasteiger partial charge in [0.25, 0.3) is 5.91 Å². The van der Waals surface area contributed by atoms with Crippen molar-refractivity contribution in [1.29, 1.82) is 0 Å². The van der Waals surface area contributed by atoms with E-state index in [0.717, 1.165) is 5.69 Å². The third-order valence-electron chi connectivity index (χ3n) is 2.92. The van der Waals surface area contributed by atoms with Crippen molar-refractivity contribution >= 4 is 41.0 Å². The second-order valence-electron chi connectivity index (χ2n) is 4.49. The van der Waals surface area contributed by atoms with Crippen molar-refractivity contribution < 1.29 is 9.53 Å². The minimum atomic E-state index is -0.301. The molecule has 0 unspecified atom stereocenters. The Labute approximate surface area is 144 Å². The Balaban J connectivity index is 1.88. The van der Waals surface area contributed by atoms with Crippen LogP contribution in [-0.4, -0.2) is 25.8 Å². The summed E-state index contributed by atoms with van der Waals surface area (Å²) in [7, 11) is 1.57. The third kappa shape index (κ3) is 4.87. The van der Waals surface area contributed by atoms with Crippen molar-refractivity contribution in [3.63, 3.8) is 0 Å². The summed E-state index contributed by atoms with van der Waals surface area (Å²) in [6.45, 7) is 0.0565. The van der Waals surface area contributed by atoms with Crippen molar-refractivity contribution in [3.8, 4) is 5.75 Å². The van der Waals surface area contributed by atoms with E-state index >= 15 is 0 Å². The first-order chi connectivity index (χ1) is 11.1. The molecule has 7 heteroatoms. The molecule has 0 radical (unpaired) electrons. The number of halogens is 2. The SMILES string of the molecule is COc1ccccc1NCC(=O)NN=Cc1cccc(Cl)c1Cl. The molecule has 0 aliphatic carbocycles. The molecule has 2 aromatic rings. The van der Waals surface area contributed by atoms with Crippen LogP contribution in [0.2, 0.25) is 10.0 Å². The number of ether oxygens (including phenoxy) is 1. The van der Waals surface area contributed by atoms with Crippen molar-refractivity contribution in [1.82, 2.24) is 5.43 Å². The van der Waals surface area contributed by atoms with Crippen LogP contribution >= 0.6 is 23.2 Å². The molecule has 0 spiro atoms.